The Kier molecular flexibility index (Phi) is 19.0. The van der Waals surface area contributed by atoms with E-state index in [1.54, 1.807) is 35.3 Å². The number of ether oxygens (including phenoxy) is 2. The van der Waals surface area contributed by atoms with Gasteiger partial charge in [-0.05, 0) is 102 Å². The van der Waals surface area contributed by atoms with Gasteiger partial charge in [-0.2, -0.15) is 13.2 Å². The Morgan fingerprint density at radius 3 is 2.23 bits per heavy atom. The fourth-order valence-electron chi connectivity index (χ4n) is 10.6. The van der Waals surface area contributed by atoms with Gasteiger partial charge >= 0.3 is 6.18 Å². The molecule has 22 heteroatoms. The van der Waals surface area contributed by atoms with Crippen molar-refractivity contribution in [3.63, 3.8) is 0 Å². The number of carbonyl (C=O) groups is 6. The average molecular weight is 1020 g/mol. The number of halogens is 3. The molecule has 4 fully saturated rings. The van der Waals surface area contributed by atoms with Crippen LogP contribution in [0, 0.1) is 11.8 Å². The zero-order chi connectivity index (χ0) is 52.2. The summed E-state index contributed by atoms with van der Waals surface area (Å²) in [5.74, 6) is -1.56. The number of alkyl halides is 3. The Morgan fingerprint density at radius 1 is 0.863 bits per heavy atom. The first-order chi connectivity index (χ1) is 35.0. The molecule has 6 atom stereocenters. The minimum atomic E-state index is -4.56. The van der Waals surface area contributed by atoms with E-state index in [2.05, 4.69) is 67.3 Å². The van der Waals surface area contributed by atoms with E-state index in [1.165, 1.54) is 12.4 Å². The molecule has 398 valence electrons. The second-order valence-corrected chi connectivity index (χ2v) is 19.9. The van der Waals surface area contributed by atoms with Gasteiger partial charge in [0.15, 0.2) is 0 Å². The highest BCUT2D eigenvalue weighted by Gasteiger charge is 2.45. The van der Waals surface area contributed by atoms with Crippen molar-refractivity contribution in [2.45, 2.75) is 133 Å². The van der Waals surface area contributed by atoms with Gasteiger partial charge in [-0.25, -0.2) is 9.97 Å². The SMILES string of the molecule is CC(C)N(C)[C@@H]1CC[C@H](N2CC[C@H](Nc3ncnc4ccc(C(F)(F)F)cc34)C2=O)[C@H](NC(=O)CCOCCNC(=O)C2CCC(NC(=O)CCOCCNC(=O)[C@H]3CC(=O)N(C)[C@@H]3c3cccnc3)CC2)C1. The van der Waals surface area contributed by atoms with Crippen LogP contribution in [0.5, 0.6) is 0 Å². The standard InChI is InChI=1S/C51H70F3N11O8/c1-31(2)63(3)36-12-14-42(65-21-15-40(50(65)71)62-47-37-26-34(51(52,53)54)9-13-39(37)58-30-59-47)41(27-36)61-44(67)17-23-73-24-19-56-48(69)32-7-10-35(11-8-32)60-43(66)16-22-72-25-20-57-49(70)38-28-45(68)64(4)46(38)33-6-5-18-55-29-33/h5-6,9,13,18,26,29-32,35-36,38,40-42,46H,7-8,10-12,14-17,19-25,27-28H2,1-4H3,(H,56,69)(H,57,70)(H,60,66)(H,61,67)(H,58,59,62)/t32?,35?,36-,38+,40+,41-,42+,46-/m1/s1. The number of amides is 6. The Bertz CT molecular complexity index is 2390. The van der Waals surface area contributed by atoms with E-state index in [9.17, 15) is 41.9 Å². The topological polar surface area (TPSA) is 229 Å². The van der Waals surface area contributed by atoms with Crippen molar-refractivity contribution in [1.82, 2.24) is 50.9 Å². The van der Waals surface area contributed by atoms with Gasteiger partial charge in [-0.15, -0.1) is 0 Å². The third-order valence-electron chi connectivity index (χ3n) is 14.9. The molecule has 3 aromatic rings. The maximum Gasteiger partial charge on any atom is 0.416 e. The molecule has 4 heterocycles. The van der Waals surface area contributed by atoms with Crippen LogP contribution in [0.25, 0.3) is 10.9 Å². The van der Waals surface area contributed by atoms with Crippen molar-refractivity contribution in [2.75, 3.05) is 65.5 Å². The molecule has 2 aliphatic carbocycles. The fourth-order valence-corrected chi connectivity index (χ4v) is 10.6. The highest BCUT2D eigenvalue weighted by Crippen LogP contribution is 2.37. The third-order valence-corrected chi connectivity index (χ3v) is 14.9. The van der Waals surface area contributed by atoms with Crippen LogP contribution in [-0.4, -0.2) is 162 Å². The number of carbonyl (C=O) groups excluding carboxylic acids is 6. The number of rotatable bonds is 22. The molecule has 0 bridgehead atoms. The van der Waals surface area contributed by atoms with Gasteiger partial charge in [0.2, 0.25) is 35.4 Å². The summed E-state index contributed by atoms with van der Waals surface area (Å²) in [5, 5.41) is 15.3. The summed E-state index contributed by atoms with van der Waals surface area (Å²) in [6, 6.07) is 5.54. The van der Waals surface area contributed by atoms with Crippen LogP contribution in [0.3, 0.4) is 0 Å². The van der Waals surface area contributed by atoms with Crippen molar-refractivity contribution >= 4 is 52.2 Å². The minimum absolute atomic E-state index is 0.0430. The molecule has 5 N–H and O–H groups in total. The summed E-state index contributed by atoms with van der Waals surface area (Å²) in [6.07, 6.45) is 5.45. The van der Waals surface area contributed by atoms with Crippen LogP contribution in [-0.2, 0) is 44.4 Å². The van der Waals surface area contributed by atoms with Crippen molar-refractivity contribution < 1.29 is 51.4 Å². The van der Waals surface area contributed by atoms with Crippen LogP contribution >= 0.6 is 0 Å². The van der Waals surface area contributed by atoms with Gasteiger partial charge in [-0.3, -0.25) is 33.8 Å². The van der Waals surface area contributed by atoms with Crippen LogP contribution in [0.1, 0.15) is 102 Å². The summed E-state index contributed by atoms with van der Waals surface area (Å²) in [4.78, 5) is 96.4. The molecule has 2 aromatic heterocycles. The Hall–Kier alpha value is -6.00. The van der Waals surface area contributed by atoms with Gasteiger partial charge in [0.25, 0.3) is 0 Å². The van der Waals surface area contributed by atoms with E-state index < -0.39 is 23.7 Å². The van der Waals surface area contributed by atoms with Crippen LogP contribution in [0.4, 0.5) is 19.0 Å². The predicted octanol–water partition coefficient (Wildman–Crippen LogP) is 3.74. The van der Waals surface area contributed by atoms with E-state index in [1.807, 2.05) is 6.07 Å². The molecular weight excluding hydrogens is 952 g/mol. The van der Waals surface area contributed by atoms with Gasteiger partial charge in [0.1, 0.15) is 18.2 Å². The lowest BCUT2D eigenvalue weighted by molar-refractivity contribution is -0.137. The number of hydrogen-bond acceptors (Lipinski definition) is 13. The zero-order valence-corrected chi connectivity index (χ0v) is 42.1. The summed E-state index contributed by atoms with van der Waals surface area (Å²) in [6.45, 7) is 5.90. The quantitative estimate of drug-likeness (QED) is 0.0906. The average Bonchev–Trinajstić information content (AvgIpc) is 3.89. The predicted molar refractivity (Wildman–Crippen MR) is 263 cm³/mol. The summed E-state index contributed by atoms with van der Waals surface area (Å²) in [7, 11) is 3.74. The molecule has 1 aromatic carbocycles. The van der Waals surface area contributed by atoms with Crippen LogP contribution in [0.15, 0.2) is 49.1 Å². The number of hydrogen-bond donors (Lipinski definition) is 5. The molecular formula is C51H70F3N11O8. The van der Waals surface area contributed by atoms with E-state index in [4.69, 9.17) is 9.47 Å². The van der Waals surface area contributed by atoms with E-state index >= 15 is 0 Å². The van der Waals surface area contributed by atoms with E-state index in [0.29, 0.717) is 57.0 Å². The number of nitrogens with one attached hydrogen (secondary N) is 5. The number of likely N-dealkylation sites (tertiary alicyclic amines) is 2. The van der Waals surface area contributed by atoms with Crippen molar-refractivity contribution in [3.05, 3.63) is 60.2 Å². The number of pyridine rings is 1. The molecule has 19 nitrogen and oxygen atoms in total. The molecule has 4 aliphatic rings. The minimum Gasteiger partial charge on any atom is -0.379 e. The van der Waals surface area contributed by atoms with Crippen molar-refractivity contribution in [2.24, 2.45) is 11.8 Å². The van der Waals surface area contributed by atoms with Crippen LogP contribution in [0.2, 0.25) is 0 Å². The smallest absolute Gasteiger partial charge is 0.379 e. The number of aromatic nitrogens is 3. The maximum atomic E-state index is 14.0. The highest BCUT2D eigenvalue weighted by atomic mass is 19.4. The van der Waals surface area contributed by atoms with Gasteiger partial charge in [0.05, 0.1) is 61.6 Å². The Labute approximate surface area is 423 Å². The molecule has 7 rings (SSSR count). The third kappa shape index (κ3) is 14.4. The molecule has 2 aliphatic heterocycles. The largest absolute Gasteiger partial charge is 0.416 e. The summed E-state index contributed by atoms with van der Waals surface area (Å²) in [5.41, 5.74) is 0.284. The summed E-state index contributed by atoms with van der Waals surface area (Å²) < 4.78 is 52.0. The Balaban J connectivity index is 0.764. The molecule has 73 heavy (non-hydrogen) atoms. The molecule has 6 amide bonds. The number of fused-ring (bicyclic) bond motifs is 1. The highest BCUT2D eigenvalue weighted by molar-refractivity contribution is 5.93. The van der Waals surface area contributed by atoms with E-state index in [-0.39, 0.29) is 148 Å². The summed E-state index contributed by atoms with van der Waals surface area (Å²) >= 11 is 0. The molecule has 0 unspecified atom stereocenters. The number of nitrogens with zero attached hydrogens (tertiary/aromatic N) is 6. The fraction of sp³-hybridized carbons (Fsp3) is 0.627. The lowest BCUT2D eigenvalue weighted by Crippen LogP contribution is -2.58. The molecule has 2 saturated heterocycles. The van der Waals surface area contributed by atoms with Crippen molar-refractivity contribution in [1.29, 1.82) is 0 Å². The van der Waals surface area contributed by atoms with Gasteiger partial charge in [-0.1, -0.05) is 6.07 Å². The van der Waals surface area contributed by atoms with Crippen LogP contribution < -0.4 is 26.6 Å². The molecule has 2 saturated carbocycles. The van der Waals surface area contributed by atoms with E-state index in [0.717, 1.165) is 24.1 Å². The first-order valence-electron chi connectivity index (χ1n) is 25.5. The molecule has 0 radical (unpaired) electrons. The lowest BCUT2D eigenvalue weighted by atomic mass is 9.84. The first kappa shape index (κ1) is 54.8. The second-order valence-electron chi connectivity index (χ2n) is 19.9. The van der Waals surface area contributed by atoms with Gasteiger partial charge < -0.3 is 50.8 Å². The maximum absolute atomic E-state index is 14.0. The van der Waals surface area contributed by atoms with Crippen molar-refractivity contribution in [3.8, 4) is 0 Å². The Morgan fingerprint density at radius 2 is 1.56 bits per heavy atom. The molecule has 0 spiro atoms. The number of anilines is 1. The second kappa shape index (κ2) is 25.3. The normalized spacial score (nSPS) is 24.6. The lowest BCUT2D eigenvalue weighted by Gasteiger charge is -2.44. The monoisotopic (exact) mass is 1020 g/mol. The zero-order valence-electron chi connectivity index (χ0n) is 42.1. The van der Waals surface area contributed by atoms with Gasteiger partial charge in [0, 0.05) is 87.8 Å². The number of benzene rings is 1. The first-order valence-corrected chi connectivity index (χ1v) is 25.5.